The van der Waals surface area contributed by atoms with Gasteiger partial charge in [0.05, 0.1) is 19.4 Å². The molecule has 6 nitrogen and oxygen atoms in total. The minimum atomic E-state index is -0.998. The maximum Gasteiger partial charge on any atom is 0.180 e. The van der Waals surface area contributed by atoms with Gasteiger partial charge >= 0.3 is 0 Å². The molecule has 2 fully saturated rings. The summed E-state index contributed by atoms with van der Waals surface area (Å²) < 4.78 is 16.1. The molecule has 2 aliphatic rings. The maximum atomic E-state index is 9.88. The van der Waals surface area contributed by atoms with E-state index in [9.17, 15) is 10.2 Å². The van der Waals surface area contributed by atoms with Gasteiger partial charge in [-0.15, -0.1) is 0 Å². The first-order valence-electron chi connectivity index (χ1n) is 4.73. The van der Waals surface area contributed by atoms with Gasteiger partial charge in [0.25, 0.3) is 0 Å². The van der Waals surface area contributed by atoms with Crippen molar-refractivity contribution in [1.29, 1.82) is 0 Å². The molecule has 1 aromatic rings. The topological polar surface area (TPSA) is 85.0 Å². The highest BCUT2D eigenvalue weighted by Gasteiger charge is 2.61. The summed E-state index contributed by atoms with van der Waals surface area (Å²) in [7, 11) is 0. The van der Waals surface area contributed by atoms with E-state index in [0.29, 0.717) is 5.76 Å². The van der Waals surface area contributed by atoms with Crippen LogP contribution in [0.2, 0.25) is 0 Å². The molecule has 0 aliphatic carbocycles. The first-order valence-corrected chi connectivity index (χ1v) is 4.73. The van der Waals surface area contributed by atoms with Crippen molar-refractivity contribution in [3.8, 4) is 0 Å². The lowest BCUT2D eigenvalue weighted by atomic mass is 9.99. The second kappa shape index (κ2) is 3.02. The molecule has 0 saturated carbocycles. The summed E-state index contributed by atoms with van der Waals surface area (Å²) in [5.74, 6) is 0.508. The first kappa shape index (κ1) is 9.29. The molecule has 4 unspecified atom stereocenters. The van der Waals surface area contributed by atoms with E-state index in [1.807, 2.05) is 0 Å². The van der Waals surface area contributed by atoms with Gasteiger partial charge in [-0.3, -0.25) is 0 Å². The zero-order valence-electron chi connectivity index (χ0n) is 7.87. The fourth-order valence-electron chi connectivity index (χ4n) is 2.15. The predicted molar refractivity (Wildman–Crippen MR) is 45.9 cm³/mol. The normalized spacial score (nSPS) is 43.7. The Balaban J connectivity index is 1.92. The zero-order valence-corrected chi connectivity index (χ0v) is 7.87. The molecule has 2 bridgehead atoms. The highest BCUT2D eigenvalue weighted by atomic mass is 16.6. The van der Waals surface area contributed by atoms with Crippen LogP contribution in [0.1, 0.15) is 11.9 Å². The predicted octanol–water partition coefficient (Wildman–Crippen LogP) is -0.763. The summed E-state index contributed by atoms with van der Waals surface area (Å²) in [4.78, 5) is 3.78. The number of fused-ring (bicyclic) bond motifs is 2. The molecule has 0 spiro atoms. The monoisotopic (exact) mass is 213 g/mol. The fraction of sp³-hybridized carbons (Fsp3) is 0.667. The third-order valence-corrected chi connectivity index (χ3v) is 3.03. The van der Waals surface area contributed by atoms with Gasteiger partial charge in [-0.1, -0.05) is 0 Å². The summed E-state index contributed by atoms with van der Waals surface area (Å²) in [5, 5.41) is 19.1. The van der Waals surface area contributed by atoms with Crippen molar-refractivity contribution in [2.75, 3.05) is 13.2 Å². The van der Waals surface area contributed by atoms with Gasteiger partial charge in [0.2, 0.25) is 0 Å². The number of hydrogen-bond acceptors (Lipinski definition) is 6. The lowest BCUT2D eigenvalue weighted by Crippen LogP contribution is -2.43. The Labute approximate surface area is 85.4 Å². The van der Waals surface area contributed by atoms with E-state index in [4.69, 9.17) is 13.9 Å². The number of rotatable bonds is 2. The van der Waals surface area contributed by atoms with Crippen molar-refractivity contribution in [3.63, 3.8) is 0 Å². The molecule has 15 heavy (non-hydrogen) atoms. The van der Waals surface area contributed by atoms with Gasteiger partial charge < -0.3 is 24.1 Å². The minimum Gasteiger partial charge on any atom is -0.446 e. The average molecular weight is 213 g/mol. The standard InChI is InChI=1S/C9H11NO5/c11-2-9-3-13-7(8(9)12)6(15-9)5-1-10-4-14-5/h1,4,6-8,11-12H,2-3H2. The van der Waals surface area contributed by atoms with Gasteiger partial charge in [0.15, 0.2) is 12.2 Å². The summed E-state index contributed by atoms with van der Waals surface area (Å²) in [5.41, 5.74) is -0.998. The van der Waals surface area contributed by atoms with E-state index in [0.717, 1.165) is 0 Å². The smallest absolute Gasteiger partial charge is 0.180 e. The molecule has 2 saturated heterocycles. The SMILES string of the molecule is OCC12COC(C(c3cnco3)O1)C2O. The minimum absolute atomic E-state index is 0.208. The molecule has 0 aromatic carbocycles. The van der Waals surface area contributed by atoms with E-state index in [2.05, 4.69) is 4.98 Å². The van der Waals surface area contributed by atoms with Crippen molar-refractivity contribution in [2.45, 2.75) is 23.9 Å². The van der Waals surface area contributed by atoms with Crippen LogP contribution in [-0.2, 0) is 9.47 Å². The number of oxazole rings is 1. The summed E-state index contributed by atoms with van der Waals surface area (Å²) in [6.45, 7) is -0.0602. The fourth-order valence-corrected chi connectivity index (χ4v) is 2.15. The number of aromatic nitrogens is 1. The van der Waals surface area contributed by atoms with Crippen LogP contribution >= 0.6 is 0 Å². The molecule has 82 valence electrons. The number of hydrogen-bond donors (Lipinski definition) is 2. The van der Waals surface area contributed by atoms with Crippen LogP contribution in [0, 0.1) is 0 Å². The number of ether oxygens (including phenoxy) is 2. The van der Waals surface area contributed by atoms with Crippen molar-refractivity contribution in [2.24, 2.45) is 0 Å². The van der Waals surface area contributed by atoms with Gasteiger partial charge in [0.1, 0.15) is 23.9 Å². The maximum absolute atomic E-state index is 9.88. The van der Waals surface area contributed by atoms with E-state index in [1.54, 1.807) is 0 Å². The summed E-state index contributed by atoms with van der Waals surface area (Å²) in [6.07, 6.45) is 1.03. The molecule has 6 heteroatoms. The quantitative estimate of drug-likeness (QED) is 0.671. The molecular weight excluding hydrogens is 202 g/mol. The third-order valence-electron chi connectivity index (χ3n) is 3.03. The summed E-state index contributed by atoms with van der Waals surface area (Å²) in [6, 6.07) is 0. The van der Waals surface area contributed by atoms with E-state index in [-0.39, 0.29) is 13.2 Å². The molecule has 2 aliphatic heterocycles. The van der Waals surface area contributed by atoms with Crippen LogP contribution in [0.25, 0.3) is 0 Å². The van der Waals surface area contributed by atoms with Crippen LogP contribution < -0.4 is 0 Å². The van der Waals surface area contributed by atoms with Crippen LogP contribution in [0.3, 0.4) is 0 Å². The molecule has 3 heterocycles. The first-order chi connectivity index (χ1) is 7.27. The molecule has 0 radical (unpaired) electrons. The lowest BCUT2D eigenvalue weighted by molar-refractivity contribution is -0.168. The Morgan fingerprint density at radius 3 is 3.07 bits per heavy atom. The van der Waals surface area contributed by atoms with Crippen LogP contribution in [-0.4, -0.2) is 46.2 Å². The van der Waals surface area contributed by atoms with Gasteiger partial charge in [-0.25, -0.2) is 4.98 Å². The Morgan fingerprint density at radius 2 is 2.47 bits per heavy atom. The highest BCUT2D eigenvalue weighted by Crippen LogP contribution is 2.46. The van der Waals surface area contributed by atoms with E-state index >= 15 is 0 Å². The average Bonchev–Trinajstić information content (AvgIpc) is 2.94. The van der Waals surface area contributed by atoms with Crippen molar-refractivity contribution in [1.82, 2.24) is 4.98 Å². The molecule has 2 N–H and O–H groups in total. The Kier molecular flexibility index (Phi) is 1.87. The summed E-state index contributed by atoms with van der Waals surface area (Å²) >= 11 is 0. The van der Waals surface area contributed by atoms with Crippen LogP contribution in [0.5, 0.6) is 0 Å². The molecule has 4 atom stereocenters. The lowest BCUT2D eigenvalue weighted by Gasteiger charge is -2.27. The zero-order chi connectivity index (χ0) is 10.5. The van der Waals surface area contributed by atoms with Crippen LogP contribution in [0.4, 0.5) is 0 Å². The Bertz CT molecular complexity index is 353. The van der Waals surface area contributed by atoms with Crippen LogP contribution in [0.15, 0.2) is 17.0 Å². The van der Waals surface area contributed by atoms with Gasteiger partial charge in [0, 0.05) is 0 Å². The van der Waals surface area contributed by atoms with Crippen molar-refractivity contribution in [3.05, 3.63) is 18.4 Å². The van der Waals surface area contributed by atoms with Crippen molar-refractivity contribution >= 4 is 0 Å². The molecule has 3 rings (SSSR count). The van der Waals surface area contributed by atoms with Crippen molar-refractivity contribution < 1.29 is 24.1 Å². The Morgan fingerprint density at radius 1 is 1.60 bits per heavy atom. The van der Waals surface area contributed by atoms with E-state index in [1.165, 1.54) is 12.6 Å². The Hall–Kier alpha value is -0.950. The van der Waals surface area contributed by atoms with Gasteiger partial charge in [-0.05, 0) is 0 Å². The number of nitrogens with zero attached hydrogens (tertiary/aromatic N) is 1. The second-order valence-corrected chi connectivity index (χ2v) is 3.89. The second-order valence-electron chi connectivity index (χ2n) is 3.89. The largest absolute Gasteiger partial charge is 0.446 e. The van der Waals surface area contributed by atoms with E-state index < -0.39 is 23.9 Å². The molecular formula is C9H11NO5. The molecule has 0 amide bonds. The highest BCUT2D eigenvalue weighted by molar-refractivity contribution is 5.13. The third kappa shape index (κ3) is 1.10. The molecule has 1 aromatic heterocycles. The number of aliphatic hydroxyl groups excluding tert-OH is 2. The van der Waals surface area contributed by atoms with Gasteiger partial charge in [-0.2, -0.15) is 0 Å². The number of aliphatic hydroxyl groups is 2.